The molecule has 0 N–H and O–H groups in total. The number of aromatic nitrogens is 1. The molecule has 4 nitrogen and oxygen atoms in total. The largest absolute Gasteiger partial charge is 0.444 e. The molecular formula is C13H19ClN2O2. The molecule has 1 aromatic rings. The first kappa shape index (κ1) is 13.3. The Morgan fingerprint density at radius 3 is 2.67 bits per heavy atom. The van der Waals surface area contributed by atoms with Crippen LogP contribution in [0.2, 0.25) is 5.15 Å². The van der Waals surface area contributed by atoms with Crippen LogP contribution >= 0.6 is 11.6 Å². The molecule has 5 heteroatoms. The van der Waals surface area contributed by atoms with E-state index in [1.165, 1.54) is 0 Å². The minimum Gasteiger partial charge on any atom is -0.444 e. The van der Waals surface area contributed by atoms with Crippen molar-refractivity contribution in [3.63, 3.8) is 0 Å². The maximum absolute atomic E-state index is 12.1. The van der Waals surface area contributed by atoms with Crippen molar-refractivity contribution < 1.29 is 9.53 Å². The van der Waals surface area contributed by atoms with Crippen LogP contribution in [0.25, 0.3) is 0 Å². The van der Waals surface area contributed by atoms with Gasteiger partial charge >= 0.3 is 6.09 Å². The van der Waals surface area contributed by atoms with Gasteiger partial charge in [0.05, 0.1) is 6.04 Å². The van der Waals surface area contributed by atoms with E-state index >= 15 is 0 Å². The van der Waals surface area contributed by atoms with Gasteiger partial charge in [-0.25, -0.2) is 4.79 Å². The van der Waals surface area contributed by atoms with Gasteiger partial charge in [0, 0.05) is 18.8 Å². The molecule has 1 atom stereocenters. The van der Waals surface area contributed by atoms with E-state index in [0.29, 0.717) is 13.1 Å². The average Bonchev–Trinajstić information content (AvgIpc) is 2.59. The van der Waals surface area contributed by atoms with Crippen LogP contribution in [0.15, 0.2) is 12.1 Å². The Bertz CT molecular complexity index is 462. The number of amides is 1. The Kier molecular flexibility index (Phi) is 3.32. The first-order valence-corrected chi connectivity index (χ1v) is 6.52. The molecule has 100 valence electrons. The minimum atomic E-state index is -0.464. The molecule has 0 bridgehead atoms. The minimum absolute atomic E-state index is 0.0129. The molecule has 2 rings (SSSR count). The van der Waals surface area contributed by atoms with Crippen LogP contribution < -0.4 is 0 Å². The van der Waals surface area contributed by atoms with Gasteiger partial charge in [-0.15, -0.1) is 0 Å². The lowest BCUT2D eigenvalue weighted by Gasteiger charge is -2.36. The van der Waals surface area contributed by atoms with E-state index in [1.807, 2.05) is 44.4 Å². The van der Waals surface area contributed by atoms with Crippen molar-refractivity contribution in [2.75, 3.05) is 6.54 Å². The Morgan fingerprint density at radius 2 is 2.06 bits per heavy atom. The molecule has 1 amide bonds. The average molecular weight is 271 g/mol. The second kappa shape index (κ2) is 4.50. The molecule has 1 aliphatic rings. The van der Waals surface area contributed by atoms with Gasteiger partial charge in [-0.3, -0.25) is 4.90 Å². The number of hydrogen-bond donors (Lipinski definition) is 0. The predicted molar refractivity (Wildman–Crippen MR) is 70.8 cm³/mol. The summed E-state index contributed by atoms with van der Waals surface area (Å²) in [6, 6.07) is 3.82. The van der Waals surface area contributed by atoms with Crippen molar-refractivity contribution in [3.05, 3.63) is 23.0 Å². The van der Waals surface area contributed by atoms with Crippen LogP contribution in [0.1, 0.15) is 39.4 Å². The van der Waals surface area contributed by atoms with Crippen molar-refractivity contribution in [1.82, 2.24) is 9.47 Å². The van der Waals surface area contributed by atoms with E-state index < -0.39 is 5.60 Å². The third kappa shape index (κ3) is 2.48. The highest BCUT2D eigenvalue weighted by Gasteiger charge is 2.31. The fourth-order valence-electron chi connectivity index (χ4n) is 2.19. The highest BCUT2D eigenvalue weighted by Crippen LogP contribution is 2.30. The third-order valence-electron chi connectivity index (χ3n) is 3.05. The predicted octanol–water partition coefficient (Wildman–Crippen LogP) is 3.45. The zero-order valence-corrected chi connectivity index (χ0v) is 12.0. The summed E-state index contributed by atoms with van der Waals surface area (Å²) in [5.74, 6) is 0. The van der Waals surface area contributed by atoms with Crippen LogP contribution in [0.4, 0.5) is 4.79 Å². The second-order valence-corrected chi connectivity index (χ2v) is 5.97. The number of hydrogen-bond acceptors (Lipinski definition) is 2. The Labute approximate surface area is 112 Å². The Balaban J connectivity index is 2.17. The van der Waals surface area contributed by atoms with Crippen LogP contribution in [-0.2, 0) is 11.3 Å². The summed E-state index contributed by atoms with van der Waals surface area (Å²) in [5, 5.41) is 0.723. The number of nitrogens with zero attached hydrogens (tertiary/aromatic N) is 2. The summed E-state index contributed by atoms with van der Waals surface area (Å²) in [7, 11) is 0. The molecule has 0 aromatic carbocycles. The molecule has 0 saturated carbocycles. The lowest BCUT2D eigenvalue weighted by atomic mass is 10.1. The van der Waals surface area contributed by atoms with Gasteiger partial charge in [0.1, 0.15) is 10.8 Å². The number of carbonyl (C=O) groups excluding carboxylic acids is 1. The van der Waals surface area contributed by atoms with Crippen LogP contribution in [-0.4, -0.2) is 27.7 Å². The van der Waals surface area contributed by atoms with Gasteiger partial charge < -0.3 is 9.30 Å². The summed E-state index contributed by atoms with van der Waals surface area (Å²) in [6.45, 7) is 8.95. The van der Waals surface area contributed by atoms with E-state index in [9.17, 15) is 4.79 Å². The zero-order chi connectivity index (χ0) is 13.5. The fourth-order valence-corrected chi connectivity index (χ4v) is 2.43. The van der Waals surface area contributed by atoms with Crippen molar-refractivity contribution >= 4 is 17.7 Å². The molecule has 2 heterocycles. The summed E-state index contributed by atoms with van der Waals surface area (Å²) < 4.78 is 7.45. The van der Waals surface area contributed by atoms with Crippen molar-refractivity contribution in [1.29, 1.82) is 0 Å². The maximum Gasteiger partial charge on any atom is 0.410 e. The molecule has 18 heavy (non-hydrogen) atoms. The molecular weight excluding hydrogens is 252 g/mol. The van der Waals surface area contributed by atoms with Crippen molar-refractivity contribution in [2.45, 2.75) is 45.9 Å². The quantitative estimate of drug-likeness (QED) is 0.724. The molecule has 1 aliphatic heterocycles. The first-order chi connectivity index (χ1) is 8.29. The molecule has 0 fully saturated rings. The van der Waals surface area contributed by atoms with Crippen molar-refractivity contribution in [3.8, 4) is 0 Å². The number of fused-ring (bicyclic) bond motifs is 1. The van der Waals surface area contributed by atoms with Gasteiger partial charge in [0.15, 0.2) is 0 Å². The molecule has 0 unspecified atom stereocenters. The van der Waals surface area contributed by atoms with E-state index in [-0.39, 0.29) is 12.1 Å². The van der Waals surface area contributed by atoms with Gasteiger partial charge in [0.25, 0.3) is 0 Å². The summed E-state index contributed by atoms with van der Waals surface area (Å²) >= 11 is 6.09. The summed E-state index contributed by atoms with van der Waals surface area (Å²) in [5.41, 5.74) is 0.588. The number of rotatable bonds is 0. The lowest BCUT2D eigenvalue weighted by Crippen LogP contribution is -2.43. The Hall–Kier alpha value is -1.16. The second-order valence-electron chi connectivity index (χ2n) is 5.58. The highest BCUT2D eigenvalue weighted by molar-refractivity contribution is 6.29. The summed E-state index contributed by atoms with van der Waals surface area (Å²) in [6.07, 6.45) is -0.265. The van der Waals surface area contributed by atoms with E-state index in [2.05, 4.69) is 0 Å². The standard InChI is InChI=1S/C13H19ClN2O2/c1-9-10-5-6-11(14)16(10)8-7-15(9)12(17)18-13(2,3)4/h5-6,9H,7-8H2,1-4H3/t9-/m1/s1. The fraction of sp³-hybridized carbons (Fsp3) is 0.615. The van der Waals surface area contributed by atoms with Crippen LogP contribution in [0, 0.1) is 0 Å². The third-order valence-corrected chi connectivity index (χ3v) is 3.38. The van der Waals surface area contributed by atoms with Crippen molar-refractivity contribution in [2.24, 2.45) is 0 Å². The number of ether oxygens (including phenoxy) is 1. The van der Waals surface area contributed by atoms with E-state index in [4.69, 9.17) is 16.3 Å². The molecule has 0 spiro atoms. The monoisotopic (exact) mass is 270 g/mol. The first-order valence-electron chi connectivity index (χ1n) is 6.14. The van der Waals surface area contributed by atoms with E-state index in [1.54, 1.807) is 4.90 Å². The SMILES string of the molecule is C[C@@H]1c2ccc(Cl)n2CCN1C(=O)OC(C)(C)C. The maximum atomic E-state index is 12.1. The topological polar surface area (TPSA) is 34.5 Å². The normalized spacial score (nSPS) is 19.6. The van der Waals surface area contributed by atoms with Gasteiger partial charge in [0.2, 0.25) is 0 Å². The van der Waals surface area contributed by atoms with E-state index in [0.717, 1.165) is 10.8 Å². The smallest absolute Gasteiger partial charge is 0.410 e. The van der Waals surface area contributed by atoms with Gasteiger partial charge in [-0.2, -0.15) is 0 Å². The van der Waals surface area contributed by atoms with Crippen LogP contribution in [0.5, 0.6) is 0 Å². The number of carbonyl (C=O) groups is 1. The highest BCUT2D eigenvalue weighted by atomic mass is 35.5. The van der Waals surface area contributed by atoms with Gasteiger partial charge in [-0.05, 0) is 39.8 Å². The molecule has 0 aliphatic carbocycles. The molecule has 1 aromatic heterocycles. The van der Waals surface area contributed by atoms with Crippen LogP contribution in [0.3, 0.4) is 0 Å². The lowest BCUT2D eigenvalue weighted by molar-refractivity contribution is 0.0127. The zero-order valence-electron chi connectivity index (χ0n) is 11.2. The summed E-state index contributed by atoms with van der Waals surface area (Å²) in [4.78, 5) is 13.8. The molecule has 0 saturated heterocycles. The molecule has 0 radical (unpaired) electrons. The number of halogens is 1. The van der Waals surface area contributed by atoms with Gasteiger partial charge in [-0.1, -0.05) is 11.6 Å². The Morgan fingerprint density at radius 1 is 1.39 bits per heavy atom.